The third-order valence-electron chi connectivity index (χ3n) is 4.13. The monoisotopic (exact) mass is 491 g/mol. The molecule has 2 aromatic heterocycles. The second-order valence-electron chi connectivity index (χ2n) is 5.82. The van der Waals surface area contributed by atoms with Crippen LogP contribution >= 0.6 is 35.6 Å². The van der Waals surface area contributed by atoms with Gasteiger partial charge in [-0.05, 0) is 30.9 Å². The molecule has 26 heavy (non-hydrogen) atoms. The minimum atomic E-state index is 0. The van der Waals surface area contributed by atoms with Gasteiger partial charge < -0.3 is 15.2 Å². The molecule has 2 heterocycles. The van der Waals surface area contributed by atoms with Crippen LogP contribution in [0.3, 0.4) is 0 Å². The summed E-state index contributed by atoms with van der Waals surface area (Å²) in [6.45, 7) is 5.64. The number of aromatic nitrogens is 2. The Balaban J connectivity index is 0.00000338. The fourth-order valence-corrected chi connectivity index (χ4v) is 2.69. The first-order valence-electron chi connectivity index (χ1n) is 8.66. The molecule has 0 bridgehead atoms. The number of nitrogens with one attached hydrogen (secondary N) is 2. The topological polar surface area (TPSA) is 75.3 Å². The van der Waals surface area contributed by atoms with Gasteiger partial charge >= 0.3 is 0 Å². The highest BCUT2D eigenvalue weighted by Crippen LogP contribution is 2.22. The van der Waals surface area contributed by atoms with Crippen molar-refractivity contribution in [3.63, 3.8) is 0 Å². The molecule has 0 unspecified atom stereocenters. The lowest BCUT2D eigenvalue weighted by Crippen LogP contribution is -2.37. The Kier molecular flexibility index (Phi) is 10.6. The molecule has 0 atom stereocenters. The number of rotatable bonds is 8. The molecule has 0 aromatic carbocycles. The Bertz CT molecular complexity index is 670. The maximum atomic E-state index is 5.79. The number of halogens is 2. The highest BCUT2D eigenvalue weighted by atomic mass is 127. The summed E-state index contributed by atoms with van der Waals surface area (Å²) < 4.78 is 5.41. The molecule has 0 saturated heterocycles. The summed E-state index contributed by atoms with van der Waals surface area (Å²) >= 11 is 5.79. The van der Waals surface area contributed by atoms with Crippen LogP contribution in [0, 0.1) is 0 Å². The van der Waals surface area contributed by atoms with Crippen molar-refractivity contribution in [2.45, 2.75) is 45.6 Å². The van der Waals surface area contributed by atoms with Crippen molar-refractivity contribution < 1.29 is 4.52 Å². The van der Waals surface area contributed by atoms with E-state index in [0.29, 0.717) is 17.6 Å². The van der Waals surface area contributed by atoms with Crippen LogP contribution in [0.1, 0.15) is 49.6 Å². The zero-order valence-electron chi connectivity index (χ0n) is 15.5. The summed E-state index contributed by atoms with van der Waals surface area (Å²) in [6, 6.07) is 5.80. The molecular formula is C18H27ClIN5O. The normalized spacial score (nSPS) is 11.3. The molecule has 0 spiro atoms. The lowest BCUT2D eigenvalue weighted by Gasteiger charge is -2.10. The average Bonchev–Trinajstić information content (AvgIpc) is 3.09. The minimum Gasteiger partial charge on any atom is -0.359 e. The van der Waals surface area contributed by atoms with E-state index in [4.69, 9.17) is 16.1 Å². The molecule has 0 aliphatic carbocycles. The lowest BCUT2D eigenvalue weighted by molar-refractivity contribution is 0.368. The average molecular weight is 492 g/mol. The summed E-state index contributed by atoms with van der Waals surface area (Å²) in [4.78, 5) is 8.29. The van der Waals surface area contributed by atoms with Gasteiger partial charge in [0.15, 0.2) is 11.7 Å². The molecule has 2 rings (SSSR count). The van der Waals surface area contributed by atoms with E-state index in [9.17, 15) is 0 Å². The Hall–Kier alpha value is -1.35. The number of nitrogens with zero attached hydrogens (tertiary/aromatic N) is 3. The van der Waals surface area contributed by atoms with Gasteiger partial charge in [-0.1, -0.05) is 36.7 Å². The number of hydrogen-bond donors (Lipinski definition) is 2. The van der Waals surface area contributed by atoms with Crippen LogP contribution < -0.4 is 10.6 Å². The van der Waals surface area contributed by atoms with Crippen molar-refractivity contribution in [1.82, 2.24) is 20.8 Å². The summed E-state index contributed by atoms with van der Waals surface area (Å²) in [6.07, 6.45) is 4.76. The minimum absolute atomic E-state index is 0. The molecule has 2 aromatic rings. The fourth-order valence-electron chi connectivity index (χ4n) is 2.58. The highest BCUT2D eigenvalue weighted by Gasteiger charge is 2.13. The molecular weight excluding hydrogens is 465 g/mol. The van der Waals surface area contributed by atoms with E-state index in [2.05, 4.69) is 39.6 Å². The first kappa shape index (κ1) is 22.7. The van der Waals surface area contributed by atoms with Gasteiger partial charge in [-0.15, -0.1) is 24.0 Å². The van der Waals surface area contributed by atoms with Gasteiger partial charge in [0.25, 0.3) is 0 Å². The van der Waals surface area contributed by atoms with Gasteiger partial charge in [0.1, 0.15) is 5.15 Å². The molecule has 0 radical (unpaired) electrons. The van der Waals surface area contributed by atoms with Crippen LogP contribution in [-0.4, -0.2) is 29.7 Å². The van der Waals surface area contributed by atoms with Crippen LogP contribution in [0.4, 0.5) is 0 Å². The third kappa shape index (κ3) is 7.11. The van der Waals surface area contributed by atoms with Crippen molar-refractivity contribution in [2.24, 2.45) is 4.99 Å². The quantitative estimate of drug-likeness (QED) is 0.251. The molecule has 8 heteroatoms. The largest absolute Gasteiger partial charge is 0.359 e. The van der Waals surface area contributed by atoms with E-state index >= 15 is 0 Å². The molecule has 0 aliphatic rings. The second kappa shape index (κ2) is 12.1. The van der Waals surface area contributed by atoms with Gasteiger partial charge in [-0.25, -0.2) is 4.98 Å². The van der Waals surface area contributed by atoms with Crippen LogP contribution in [-0.2, 0) is 13.0 Å². The molecule has 0 saturated carbocycles. The maximum absolute atomic E-state index is 5.79. The SMILES string of the molecule is CCC(CC)c1cc(CNC(=NC)NCCc2ccc(Cl)nc2)on1.I. The molecule has 0 amide bonds. The molecule has 2 N–H and O–H groups in total. The first-order chi connectivity index (χ1) is 12.2. The Morgan fingerprint density at radius 1 is 1.27 bits per heavy atom. The summed E-state index contributed by atoms with van der Waals surface area (Å²) in [5.74, 6) is 2.00. The van der Waals surface area contributed by atoms with E-state index in [-0.39, 0.29) is 24.0 Å². The smallest absolute Gasteiger partial charge is 0.191 e. The van der Waals surface area contributed by atoms with Crippen molar-refractivity contribution in [1.29, 1.82) is 0 Å². The standard InChI is InChI=1S/C18H26ClN5O.HI/c1-4-14(5-2)16-10-15(25-24-16)12-23-18(20-3)21-9-8-13-6-7-17(19)22-11-13;/h6-7,10-11,14H,4-5,8-9,12H2,1-3H3,(H2,20,21,23);1H. The van der Waals surface area contributed by atoms with Crippen molar-refractivity contribution in [3.05, 3.63) is 46.6 Å². The Labute approximate surface area is 177 Å². The summed E-state index contributed by atoms with van der Waals surface area (Å²) in [5.41, 5.74) is 2.15. The van der Waals surface area contributed by atoms with Crippen molar-refractivity contribution in [2.75, 3.05) is 13.6 Å². The number of aliphatic imine (C=N–C) groups is 1. The van der Waals surface area contributed by atoms with E-state index in [1.165, 1.54) is 0 Å². The van der Waals surface area contributed by atoms with Crippen molar-refractivity contribution in [3.8, 4) is 0 Å². The highest BCUT2D eigenvalue weighted by molar-refractivity contribution is 14.0. The predicted molar refractivity (Wildman–Crippen MR) is 116 cm³/mol. The Morgan fingerprint density at radius 3 is 2.65 bits per heavy atom. The van der Waals surface area contributed by atoms with Crippen molar-refractivity contribution >= 4 is 41.5 Å². The molecule has 144 valence electrons. The zero-order valence-corrected chi connectivity index (χ0v) is 18.5. The summed E-state index contributed by atoms with van der Waals surface area (Å²) in [5, 5.41) is 11.2. The van der Waals surface area contributed by atoms with Gasteiger partial charge in [0.2, 0.25) is 0 Å². The zero-order chi connectivity index (χ0) is 18.1. The maximum Gasteiger partial charge on any atom is 0.191 e. The number of hydrogen-bond acceptors (Lipinski definition) is 4. The van der Waals surface area contributed by atoms with Crippen LogP contribution in [0.25, 0.3) is 0 Å². The summed E-state index contributed by atoms with van der Waals surface area (Å²) in [7, 11) is 1.75. The van der Waals surface area contributed by atoms with E-state index in [0.717, 1.165) is 48.8 Å². The van der Waals surface area contributed by atoms with Crippen LogP contribution in [0.2, 0.25) is 5.15 Å². The lowest BCUT2D eigenvalue weighted by atomic mass is 9.99. The molecule has 0 fully saturated rings. The second-order valence-corrected chi connectivity index (χ2v) is 6.21. The molecule has 6 nitrogen and oxygen atoms in total. The number of pyridine rings is 1. The van der Waals surface area contributed by atoms with Gasteiger partial charge in [-0.2, -0.15) is 0 Å². The van der Waals surface area contributed by atoms with Crippen LogP contribution in [0.5, 0.6) is 0 Å². The molecule has 0 aliphatic heterocycles. The van der Waals surface area contributed by atoms with E-state index < -0.39 is 0 Å². The third-order valence-corrected chi connectivity index (χ3v) is 4.35. The predicted octanol–water partition coefficient (Wildman–Crippen LogP) is 4.15. The van der Waals surface area contributed by atoms with Crippen LogP contribution in [0.15, 0.2) is 33.9 Å². The Morgan fingerprint density at radius 2 is 2.04 bits per heavy atom. The number of guanidine groups is 1. The van der Waals surface area contributed by atoms with Gasteiger partial charge in [0.05, 0.1) is 12.2 Å². The fraction of sp³-hybridized carbons (Fsp3) is 0.500. The van der Waals surface area contributed by atoms with Gasteiger partial charge in [0, 0.05) is 31.8 Å². The van der Waals surface area contributed by atoms with Gasteiger partial charge in [-0.3, -0.25) is 4.99 Å². The van der Waals surface area contributed by atoms with E-state index in [1.54, 1.807) is 19.3 Å². The van der Waals surface area contributed by atoms with E-state index in [1.807, 2.05) is 12.1 Å². The first-order valence-corrected chi connectivity index (χ1v) is 9.04.